The smallest absolute Gasteiger partial charge is 0.315 e. The fraction of sp³-hybridized carbons (Fsp3) is 0.375. The van der Waals surface area contributed by atoms with E-state index in [-0.39, 0.29) is 18.2 Å². The highest BCUT2D eigenvalue weighted by Crippen LogP contribution is 2.23. The van der Waals surface area contributed by atoms with E-state index < -0.39 is 6.04 Å². The number of fused-ring (bicyclic) bond motifs is 1. The molecule has 2 aromatic carbocycles. The van der Waals surface area contributed by atoms with Gasteiger partial charge in [0.2, 0.25) is 0 Å². The van der Waals surface area contributed by atoms with E-state index in [1.54, 1.807) is 25.3 Å². The van der Waals surface area contributed by atoms with Crippen LogP contribution in [0.2, 0.25) is 0 Å². The molecule has 166 valence electrons. The topological polar surface area (TPSA) is 123 Å². The minimum atomic E-state index is -0.393. The molecule has 0 spiro atoms. The van der Waals surface area contributed by atoms with E-state index >= 15 is 0 Å². The number of aliphatic hydroxyl groups is 1. The first-order valence-electron chi connectivity index (χ1n) is 10.8. The quantitative estimate of drug-likeness (QED) is 0.475. The molecule has 2 amide bonds. The van der Waals surface area contributed by atoms with Gasteiger partial charge in [0.1, 0.15) is 11.6 Å². The largest absolute Gasteiger partial charge is 0.497 e. The lowest BCUT2D eigenvalue weighted by molar-refractivity contribution is 0.117. The van der Waals surface area contributed by atoms with E-state index in [4.69, 9.17) is 10.00 Å². The highest BCUT2D eigenvalue weighted by molar-refractivity contribution is 5.78. The molecule has 1 aromatic heterocycles. The van der Waals surface area contributed by atoms with Crippen LogP contribution in [0.1, 0.15) is 48.7 Å². The maximum Gasteiger partial charge on any atom is 0.315 e. The number of nitriles is 1. The van der Waals surface area contributed by atoms with Gasteiger partial charge in [0.05, 0.1) is 41.9 Å². The molecule has 4 rings (SSSR count). The molecule has 1 heterocycles. The summed E-state index contributed by atoms with van der Waals surface area (Å²) in [4.78, 5) is 20.7. The maximum absolute atomic E-state index is 12.8. The number of benzene rings is 2. The molecule has 1 atom stereocenters. The first kappa shape index (κ1) is 21.7. The number of hydrogen-bond donors (Lipinski definition) is 4. The van der Waals surface area contributed by atoms with E-state index in [9.17, 15) is 9.90 Å². The lowest BCUT2D eigenvalue weighted by Crippen LogP contribution is -2.45. The fourth-order valence-electron chi connectivity index (χ4n) is 4.08. The van der Waals surface area contributed by atoms with Crippen LogP contribution in [0.4, 0.5) is 4.79 Å². The molecule has 8 nitrogen and oxygen atoms in total. The number of H-pyrrole nitrogens is 1. The Bertz CT molecular complexity index is 1110. The van der Waals surface area contributed by atoms with Crippen molar-refractivity contribution in [3.05, 3.63) is 59.4 Å². The van der Waals surface area contributed by atoms with Crippen LogP contribution in [0.3, 0.4) is 0 Å². The number of aromatic nitrogens is 2. The summed E-state index contributed by atoms with van der Waals surface area (Å²) in [5.41, 5.74) is 3.06. The molecule has 1 aliphatic carbocycles. The number of hydrogen-bond acceptors (Lipinski definition) is 5. The number of carbonyl (C=O) groups is 1. The summed E-state index contributed by atoms with van der Waals surface area (Å²) in [7, 11) is 1.62. The Morgan fingerprint density at radius 2 is 2.00 bits per heavy atom. The zero-order valence-corrected chi connectivity index (χ0v) is 18.0. The van der Waals surface area contributed by atoms with Crippen LogP contribution in [-0.4, -0.2) is 40.4 Å². The van der Waals surface area contributed by atoms with Gasteiger partial charge in [-0.2, -0.15) is 5.26 Å². The van der Waals surface area contributed by atoms with Crippen LogP contribution in [-0.2, 0) is 6.42 Å². The summed E-state index contributed by atoms with van der Waals surface area (Å²) in [6, 6.07) is 14.5. The van der Waals surface area contributed by atoms with Gasteiger partial charge in [-0.25, -0.2) is 9.78 Å². The Morgan fingerprint density at radius 3 is 2.69 bits per heavy atom. The van der Waals surface area contributed by atoms with E-state index in [1.807, 2.05) is 24.3 Å². The third-order valence-corrected chi connectivity index (χ3v) is 5.90. The molecule has 0 bridgehead atoms. The van der Waals surface area contributed by atoms with Crippen molar-refractivity contribution >= 4 is 17.1 Å². The summed E-state index contributed by atoms with van der Waals surface area (Å²) in [5.74, 6) is 1.39. The number of ether oxygens (including phenoxy) is 1. The molecule has 0 saturated heterocycles. The molecule has 4 N–H and O–H groups in total. The average molecular weight is 434 g/mol. The van der Waals surface area contributed by atoms with Crippen LogP contribution < -0.4 is 15.4 Å². The minimum Gasteiger partial charge on any atom is -0.497 e. The molecular formula is C24H27N5O3. The maximum atomic E-state index is 12.8. The van der Waals surface area contributed by atoms with Gasteiger partial charge in [0, 0.05) is 6.04 Å². The molecular weight excluding hydrogens is 406 g/mol. The van der Waals surface area contributed by atoms with Gasteiger partial charge < -0.3 is 25.5 Å². The van der Waals surface area contributed by atoms with Crippen molar-refractivity contribution in [3.63, 3.8) is 0 Å². The highest BCUT2D eigenvalue weighted by atomic mass is 16.5. The third-order valence-electron chi connectivity index (χ3n) is 5.90. The molecule has 32 heavy (non-hydrogen) atoms. The summed E-state index contributed by atoms with van der Waals surface area (Å²) in [6.45, 7) is 0. The van der Waals surface area contributed by atoms with Gasteiger partial charge in [0.25, 0.3) is 0 Å². The summed E-state index contributed by atoms with van der Waals surface area (Å²) in [6.07, 6.45) is 3.19. The fourth-order valence-corrected chi connectivity index (χ4v) is 4.08. The number of amides is 2. The van der Waals surface area contributed by atoms with E-state index in [0.29, 0.717) is 30.7 Å². The molecule has 0 aliphatic heterocycles. The van der Waals surface area contributed by atoms with Gasteiger partial charge in [-0.3, -0.25) is 0 Å². The lowest BCUT2D eigenvalue weighted by atomic mass is 9.93. The van der Waals surface area contributed by atoms with E-state index in [0.717, 1.165) is 35.2 Å². The number of imidazole rings is 1. The normalized spacial score (nSPS) is 19.2. The third kappa shape index (κ3) is 5.18. The second kappa shape index (κ2) is 9.71. The standard InChI is InChI=1S/C24H27N5O3/c1-32-19-9-2-15(3-10-19)12-22(29-24(31)26-17-5-7-18(30)8-6-17)23-27-20-11-4-16(14-25)13-21(20)28-23/h2-4,9-11,13,17-18,22,30H,5-8,12H2,1H3,(H,27,28)(H2,26,29,31)/t17?,18?,22-/m1/s1. The lowest BCUT2D eigenvalue weighted by Gasteiger charge is -2.27. The zero-order valence-electron chi connectivity index (χ0n) is 18.0. The number of aromatic amines is 1. The number of nitrogens with one attached hydrogen (secondary N) is 3. The van der Waals surface area contributed by atoms with Gasteiger partial charge >= 0.3 is 6.03 Å². The Hall–Kier alpha value is -3.57. The van der Waals surface area contributed by atoms with E-state index in [2.05, 4.69) is 26.7 Å². The van der Waals surface area contributed by atoms with Crippen LogP contribution in [0, 0.1) is 11.3 Å². The Labute approximate surface area is 186 Å². The molecule has 3 aromatic rings. The number of nitrogens with zero attached hydrogens (tertiary/aromatic N) is 2. The number of rotatable bonds is 6. The zero-order chi connectivity index (χ0) is 22.5. The van der Waals surface area contributed by atoms with Gasteiger partial charge in [-0.05, 0) is 68.0 Å². The van der Waals surface area contributed by atoms with Gasteiger partial charge in [0.15, 0.2) is 0 Å². The first-order chi connectivity index (χ1) is 15.5. The molecule has 0 unspecified atom stereocenters. The minimum absolute atomic E-state index is 0.0499. The predicted molar refractivity (Wildman–Crippen MR) is 120 cm³/mol. The van der Waals surface area contributed by atoms with Crippen LogP contribution >= 0.6 is 0 Å². The summed E-state index contributed by atoms with van der Waals surface area (Å²) in [5, 5.41) is 24.9. The predicted octanol–water partition coefficient (Wildman–Crippen LogP) is 3.33. The highest BCUT2D eigenvalue weighted by Gasteiger charge is 2.24. The SMILES string of the molecule is COc1ccc(C[C@@H](NC(=O)NC2CCC(O)CC2)c2nc3ccc(C#N)cc3[nH]2)cc1. The second-order valence-electron chi connectivity index (χ2n) is 8.19. The van der Waals surface area contributed by atoms with Crippen molar-refractivity contribution < 1.29 is 14.6 Å². The number of aliphatic hydroxyl groups excluding tert-OH is 1. The molecule has 1 fully saturated rings. The monoisotopic (exact) mass is 433 g/mol. The average Bonchev–Trinajstić information content (AvgIpc) is 3.24. The van der Waals surface area contributed by atoms with Crippen molar-refractivity contribution in [2.75, 3.05) is 7.11 Å². The molecule has 8 heteroatoms. The number of methoxy groups -OCH3 is 1. The molecule has 1 saturated carbocycles. The van der Waals surface area contributed by atoms with Crippen LogP contribution in [0.5, 0.6) is 5.75 Å². The first-order valence-corrected chi connectivity index (χ1v) is 10.8. The van der Waals surface area contributed by atoms with E-state index in [1.165, 1.54) is 0 Å². The molecule has 0 radical (unpaired) electrons. The van der Waals surface area contributed by atoms with Gasteiger partial charge in [-0.15, -0.1) is 0 Å². The van der Waals surface area contributed by atoms with Crippen molar-refractivity contribution in [2.45, 2.75) is 50.3 Å². The number of urea groups is 1. The van der Waals surface area contributed by atoms with Gasteiger partial charge in [-0.1, -0.05) is 12.1 Å². The Morgan fingerprint density at radius 1 is 1.25 bits per heavy atom. The Kier molecular flexibility index (Phi) is 6.57. The summed E-state index contributed by atoms with van der Waals surface area (Å²) < 4.78 is 5.23. The number of carbonyl (C=O) groups excluding carboxylic acids is 1. The van der Waals surface area contributed by atoms with Crippen LogP contribution in [0.25, 0.3) is 11.0 Å². The van der Waals surface area contributed by atoms with Crippen molar-refractivity contribution in [2.24, 2.45) is 0 Å². The van der Waals surface area contributed by atoms with Crippen molar-refractivity contribution in [1.82, 2.24) is 20.6 Å². The van der Waals surface area contributed by atoms with Crippen molar-refractivity contribution in [1.29, 1.82) is 5.26 Å². The second-order valence-corrected chi connectivity index (χ2v) is 8.19. The molecule has 1 aliphatic rings. The van der Waals surface area contributed by atoms with Crippen LogP contribution in [0.15, 0.2) is 42.5 Å². The van der Waals surface area contributed by atoms with Crippen molar-refractivity contribution in [3.8, 4) is 11.8 Å². The Balaban J connectivity index is 1.54. The summed E-state index contributed by atoms with van der Waals surface area (Å²) >= 11 is 0.